The van der Waals surface area contributed by atoms with Crippen LogP contribution in [0.4, 0.5) is 0 Å². The van der Waals surface area contributed by atoms with Crippen LogP contribution < -0.4 is 10.1 Å². The average molecular weight is 510 g/mol. The third kappa shape index (κ3) is 6.16. The van der Waals surface area contributed by atoms with Crippen LogP contribution in [0.5, 0.6) is 5.75 Å². The molecule has 1 unspecified atom stereocenters. The number of fused-ring (bicyclic) bond motifs is 1. The van der Waals surface area contributed by atoms with Crippen molar-refractivity contribution in [2.24, 2.45) is 0 Å². The minimum atomic E-state index is -0.246. The van der Waals surface area contributed by atoms with Gasteiger partial charge in [-0.05, 0) is 80.3 Å². The summed E-state index contributed by atoms with van der Waals surface area (Å²) in [5, 5.41) is 4.53. The summed E-state index contributed by atoms with van der Waals surface area (Å²) in [6.45, 7) is 7.21. The van der Waals surface area contributed by atoms with Gasteiger partial charge in [0.1, 0.15) is 11.6 Å². The molecule has 1 N–H and O–H groups in total. The third-order valence-corrected chi connectivity index (χ3v) is 6.78. The summed E-state index contributed by atoms with van der Waals surface area (Å²) in [4.78, 5) is 17.5. The number of para-hydroxylation sites is 2. The Hall–Kier alpha value is -3.02. The first-order valence-corrected chi connectivity index (χ1v) is 12.5. The van der Waals surface area contributed by atoms with E-state index < -0.39 is 0 Å². The molecule has 0 aliphatic rings. The molecule has 0 aliphatic heterocycles. The summed E-state index contributed by atoms with van der Waals surface area (Å²) in [6.07, 6.45) is 1.08. The fraction of sp³-hybridized carbons (Fsp3) is 0.286. The molecule has 7 heteroatoms. The molecule has 1 atom stereocenters. The average Bonchev–Trinajstić information content (AvgIpc) is 3.20. The number of nitrogens with zero attached hydrogens (tertiary/aromatic N) is 2. The van der Waals surface area contributed by atoms with Gasteiger partial charge in [0.15, 0.2) is 0 Å². The maximum Gasteiger partial charge on any atom is 0.224 e. The lowest BCUT2D eigenvalue weighted by Crippen LogP contribution is -2.30. The van der Waals surface area contributed by atoms with Crippen molar-refractivity contribution >= 4 is 40.1 Å². The fourth-order valence-electron chi connectivity index (χ4n) is 4.21. The number of ether oxygens (including phenoxy) is 1. The van der Waals surface area contributed by atoms with E-state index in [0.29, 0.717) is 11.6 Å². The standard InChI is InChI=1S/C28H29Cl2N3O2/c1-18-15-23(16-19(2)27(18)30)35-14-6-13-33-25-8-5-4-7-24(25)32-28(33)20(3)31-26(34)17-21-9-11-22(29)12-10-21/h4-5,7-12,15-16,20H,6,13-14,17H2,1-3H3,(H,31,34). The lowest BCUT2D eigenvalue weighted by atomic mass is 10.1. The van der Waals surface area contributed by atoms with Crippen molar-refractivity contribution in [3.05, 3.63) is 93.2 Å². The molecule has 0 fully saturated rings. The Labute approximate surface area is 216 Å². The van der Waals surface area contributed by atoms with Crippen LogP contribution in [0, 0.1) is 13.8 Å². The van der Waals surface area contributed by atoms with Crippen LogP contribution in [0.25, 0.3) is 11.0 Å². The lowest BCUT2D eigenvalue weighted by Gasteiger charge is -2.17. The van der Waals surface area contributed by atoms with Gasteiger partial charge in [-0.15, -0.1) is 0 Å². The molecule has 1 heterocycles. The number of benzene rings is 3. The molecule has 0 aliphatic carbocycles. The molecule has 0 radical (unpaired) electrons. The largest absolute Gasteiger partial charge is 0.494 e. The predicted molar refractivity (Wildman–Crippen MR) is 142 cm³/mol. The van der Waals surface area contributed by atoms with Crippen molar-refractivity contribution in [2.45, 2.75) is 46.2 Å². The second kappa shape index (κ2) is 11.1. The molecule has 0 saturated carbocycles. The molecule has 0 spiro atoms. The van der Waals surface area contributed by atoms with Crippen molar-refractivity contribution in [3.63, 3.8) is 0 Å². The van der Waals surface area contributed by atoms with Gasteiger partial charge in [0, 0.05) is 16.6 Å². The molecule has 5 nitrogen and oxygen atoms in total. The monoisotopic (exact) mass is 509 g/mol. The highest BCUT2D eigenvalue weighted by atomic mass is 35.5. The van der Waals surface area contributed by atoms with E-state index in [-0.39, 0.29) is 18.4 Å². The van der Waals surface area contributed by atoms with E-state index in [9.17, 15) is 4.79 Å². The molecular formula is C28H29Cl2N3O2. The normalized spacial score (nSPS) is 12.0. The Morgan fingerprint density at radius 1 is 1.06 bits per heavy atom. The minimum absolute atomic E-state index is 0.0600. The number of hydrogen-bond donors (Lipinski definition) is 1. The lowest BCUT2D eigenvalue weighted by molar-refractivity contribution is -0.121. The number of aryl methyl sites for hydroxylation is 3. The van der Waals surface area contributed by atoms with Crippen molar-refractivity contribution < 1.29 is 9.53 Å². The number of nitrogens with one attached hydrogen (secondary N) is 1. The SMILES string of the molecule is Cc1cc(OCCCn2c(C(C)NC(=O)Cc3ccc(Cl)cc3)nc3ccccc32)cc(C)c1Cl. The Morgan fingerprint density at radius 3 is 2.46 bits per heavy atom. The van der Waals surface area contributed by atoms with E-state index in [1.807, 2.05) is 63.2 Å². The summed E-state index contributed by atoms with van der Waals surface area (Å²) < 4.78 is 8.17. The smallest absolute Gasteiger partial charge is 0.224 e. The van der Waals surface area contributed by atoms with Gasteiger partial charge in [0.25, 0.3) is 0 Å². The second-order valence-electron chi connectivity index (χ2n) is 8.78. The molecule has 35 heavy (non-hydrogen) atoms. The summed E-state index contributed by atoms with van der Waals surface area (Å²) in [5.74, 6) is 1.59. The first-order valence-electron chi connectivity index (χ1n) is 11.7. The van der Waals surface area contributed by atoms with E-state index in [4.69, 9.17) is 32.9 Å². The molecule has 1 amide bonds. The van der Waals surface area contributed by atoms with Gasteiger partial charge >= 0.3 is 0 Å². The van der Waals surface area contributed by atoms with Gasteiger partial charge in [-0.2, -0.15) is 0 Å². The Balaban J connectivity index is 1.43. The van der Waals surface area contributed by atoms with Crippen LogP contribution in [0.1, 0.15) is 41.9 Å². The Bertz CT molecular complexity index is 1310. The molecule has 4 aromatic rings. The van der Waals surface area contributed by atoms with Crippen LogP contribution in [-0.2, 0) is 17.8 Å². The maximum absolute atomic E-state index is 12.7. The van der Waals surface area contributed by atoms with Crippen molar-refractivity contribution in [1.82, 2.24) is 14.9 Å². The quantitative estimate of drug-likeness (QED) is 0.251. The number of amides is 1. The van der Waals surface area contributed by atoms with E-state index in [1.165, 1.54) is 0 Å². The Kier molecular flexibility index (Phi) is 7.99. The topological polar surface area (TPSA) is 56.1 Å². The summed E-state index contributed by atoms with van der Waals surface area (Å²) in [6, 6.07) is 19.0. The number of carbonyl (C=O) groups is 1. The second-order valence-corrected chi connectivity index (χ2v) is 9.59. The van der Waals surface area contributed by atoms with Gasteiger partial charge < -0.3 is 14.6 Å². The summed E-state index contributed by atoms with van der Waals surface area (Å²) in [5.41, 5.74) is 4.88. The number of imidazole rings is 1. The highest BCUT2D eigenvalue weighted by Gasteiger charge is 2.18. The van der Waals surface area contributed by atoms with Crippen LogP contribution >= 0.6 is 23.2 Å². The number of halogens is 2. The van der Waals surface area contributed by atoms with Crippen LogP contribution in [-0.4, -0.2) is 22.1 Å². The number of carbonyl (C=O) groups excluding carboxylic acids is 1. The fourth-order valence-corrected chi connectivity index (χ4v) is 4.44. The summed E-state index contributed by atoms with van der Waals surface area (Å²) in [7, 11) is 0. The summed E-state index contributed by atoms with van der Waals surface area (Å²) >= 11 is 12.2. The van der Waals surface area contributed by atoms with E-state index >= 15 is 0 Å². The zero-order valence-electron chi connectivity index (χ0n) is 20.1. The van der Waals surface area contributed by atoms with Crippen LogP contribution in [0.3, 0.4) is 0 Å². The van der Waals surface area contributed by atoms with Crippen molar-refractivity contribution in [1.29, 1.82) is 0 Å². The molecule has 3 aromatic carbocycles. The highest BCUT2D eigenvalue weighted by molar-refractivity contribution is 6.32. The zero-order valence-corrected chi connectivity index (χ0v) is 21.7. The van der Waals surface area contributed by atoms with Gasteiger partial charge in [0.2, 0.25) is 5.91 Å². The third-order valence-electron chi connectivity index (χ3n) is 5.93. The number of aromatic nitrogens is 2. The molecular weight excluding hydrogens is 481 g/mol. The van der Waals surface area contributed by atoms with Gasteiger partial charge in [-0.25, -0.2) is 4.98 Å². The van der Waals surface area contributed by atoms with Crippen molar-refractivity contribution in [3.8, 4) is 5.75 Å². The maximum atomic E-state index is 12.7. The van der Waals surface area contributed by atoms with Gasteiger partial charge in [-0.1, -0.05) is 47.5 Å². The molecule has 0 bridgehead atoms. The van der Waals surface area contributed by atoms with Gasteiger partial charge in [-0.3, -0.25) is 4.79 Å². The molecule has 1 aromatic heterocycles. The molecule has 0 saturated heterocycles. The van der Waals surface area contributed by atoms with E-state index in [2.05, 4.69) is 16.0 Å². The van der Waals surface area contributed by atoms with Crippen molar-refractivity contribution in [2.75, 3.05) is 6.61 Å². The van der Waals surface area contributed by atoms with E-state index in [1.54, 1.807) is 12.1 Å². The Morgan fingerprint density at radius 2 is 1.74 bits per heavy atom. The number of rotatable bonds is 9. The van der Waals surface area contributed by atoms with Crippen LogP contribution in [0.15, 0.2) is 60.7 Å². The molecule has 4 rings (SSSR count). The first kappa shape index (κ1) is 25.1. The number of hydrogen-bond acceptors (Lipinski definition) is 3. The molecule has 182 valence electrons. The predicted octanol–water partition coefficient (Wildman–Crippen LogP) is 6.85. The van der Waals surface area contributed by atoms with Crippen LogP contribution in [0.2, 0.25) is 10.0 Å². The minimum Gasteiger partial charge on any atom is -0.494 e. The van der Waals surface area contributed by atoms with Gasteiger partial charge in [0.05, 0.1) is 30.1 Å². The highest BCUT2D eigenvalue weighted by Crippen LogP contribution is 2.26. The first-order chi connectivity index (χ1) is 16.8. The van der Waals surface area contributed by atoms with E-state index in [0.717, 1.165) is 57.3 Å². The zero-order chi connectivity index (χ0) is 24.9.